The van der Waals surface area contributed by atoms with Crippen LogP contribution in [0.1, 0.15) is 52.9 Å². The number of amides is 2. The van der Waals surface area contributed by atoms with Gasteiger partial charge in [0.2, 0.25) is 0 Å². The summed E-state index contributed by atoms with van der Waals surface area (Å²) in [4.78, 5) is 27.5. The predicted molar refractivity (Wildman–Crippen MR) is 113 cm³/mol. The average Bonchev–Trinajstić information content (AvgIpc) is 3.44. The lowest BCUT2D eigenvalue weighted by Crippen LogP contribution is -2.24. The topological polar surface area (TPSA) is 93.0 Å². The van der Waals surface area contributed by atoms with Gasteiger partial charge >= 0.3 is 0 Å². The highest BCUT2D eigenvalue weighted by atomic mass is 16.5. The molecule has 8 heteroatoms. The molecule has 8 nitrogen and oxygen atoms in total. The number of benzene rings is 1. The number of hydrogen-bond acceptors (Lipinski definition) is 6. The molecule has 1 aromatic heterocycles. The molecule has 2 amide bonds. The number of carbonyl (C=O) groups excluding carboxylic acids is 2. The van der Waals surface area contributed by atoms with E-state index in [-0.39, 0.29) is 11.7 Å². The van der Waals surface area contributed by atoms with Crippen LogP contribution in [0.2, 0.25) is 0 Å². The van der Waals surface area contributed by atoms with Crippen molar-refractivity contribution >= 4 is 17.5 Å². The summed E-state index contributed by atoms with van der Waals surface area (Å²) in [6.07, 6.45) is 3.20. The minimum Gasteiger partial charge on any atom is -0.493 e. The average molecular weight is 415 g/mol. The van der Waals surface area contributed by atoms with E-state index in [0.717, 1.165) is 25.3 Å². The maximum Gasteiger partial charge on any atom is 0.291 e. The Morgan fingerprint density at radius 1 is 1.10 bits per heavy atom. The monoisotopic (exact) mass is 415 g/mol. The molecule has 2 heterocycles. The van der Waals surface area contributed by atoms with Crippen LogP contribution >= 0.6 is 0 Å². The number of rotatable bonds is 9. The summed E-state index contributed by atoms with van der Waals surface area (Å²) in [5.74, 6) is 0.964. The minimum atomic E-state index is -0.422. The Bertz CT molecular complexity index is 887. The second kappa shape index (κ2) is 10.2. The molecule has 30 heavy (non-hydrogen) atoms. The first-order valence-electron chi connectivity index (χ1n) is 10.2. The maximum absolute atomic E-state index is 12.8. The third-order valence-corrected chi connectivity index (χ3v) is 4.99. The highest BCUT2D eigenvalue weighted by Crippen LogP contribution is 2.37. The third kappa shape index (κ3) is 5.13. The third-order valence-electron chi connectivity index (χ3n) is 4.99. The van der Waals surface area contributed by atoms with E-state index >= 15 is 0 Å². The predicted octanol–water partition coefficient (Wildman–Crippen LogP) is 3.28. The van der Waals surface area contributed by atoms with Gasteiger partial charge in [-0.15, -0.1) is 0 Å². The number of anilines is 1. The smallest absolute Gasteiger partial charge is 0.291 e. The van der Waals surface area contributed by atoms with Crippen LogP contribution in [0.3, 0.4) is 0 Å². The van der Waals surface area contributed by atoms with Gasteiger partial charge in [-0.2, -0.15) is 0 Å². The number of nitrogens with one attached hydrogen (secondary N) is 2. The van der Waals surface area contributed by atoms with Gasteiger partial charge in [-0.3, -0.25) is 14.5 Å². The summed E-state index contributed by atoms with van der Waals surface area (Å²) in [5, 5.41) is 5.60. The number of hydrogen-bond donors (Lipinski definition) is 2. The van der Waals surface area contributed by atoms with Crippen molar-refractivity contribution in [2.45, 2.75) is 32.7 Å². The molecule has 1 saturated heterocycles. The summed E-state index contributed by atoms with van der Waals surface area (Å²) in [5.41, 5.74) is 0.701. The fourth-order valence-corrected chi connectivity index (χ4v) is 3.46. The zero-order chi connectivity index (χ0) is 21.5. The highest BCUT2D eigenvalue weighted by Gasteiger charge is 2.21. The molecule has 2 aromatic rings. The zero-order valence-electron chi connectivity index (χ0n) is 17.7. The molecule has 0 radical (unpaired) electrons. The van der Waals surface area contributed by atoms with Crippen molar-refractivity contribution in [2.24, 2.45) is 0 Å². The first kappa shape index (κ1) is 21.7. The van der Waals surface area contributed by atoms with Crippen molar-refractivity contribution in [3.8, 4) is 11.5 Å². The van der Waals surface area contributed by atoms with Gasteiger partial charge in [-0.1, -0.05) is 6.92 Å². The number of methoxy groups -OCH3 is 2. The molecule has 0 unspecified atom stereocenters. The number of ether oxygens (including phenoxy) is 2. The summed E-state index contributed by atoms with van der Waals surface area (Å²) in [7, 11) is 2.96. The Hall–Kier alpha value is -3.00. The molecule has 1 fully saturated rings. The van der Waals surface area contributed by atoms with Crippen molar-refractivity contribution in [3.05, 3.63) is 41.3 Å². The van der Waals surface area contributed by atoms with Gasteiger partial charge in [0, 0.05) is 12.1 Å². The Morgan fingerprint density at radius 3 is 2.53 bits per heavy atom. The molecule has 0 saturated carbocycles. The van der Waals surface area contributed by atoms with E-state index < -0.39 is 5.91 Å². The Kier molecular flexibility index (Phi) is 7.35. The second-order valence-corrected chi connectivity index (χ2v) is 7.22. The van der Waals surface area contributed by atoms with E-state index in [1.807, 2.05) is 13.0 Å². The Labute approximate surface area is 176 Å². The Morgan fingerprint density at radius 2 is 1.87 bits per heavy atom. The fraction of sp³-hybridized carbons (Fsp3) is 0.455. The van der Waals surface area contributed by atoms with Gasteiger partial charge in [0.05, 0.1) is 26.5 Å². The number of furan rings is 1. The number of nitrogens with zero attached hydrogens (tertiary/aromatic N) is 1. The molecule has 162 valence electrons. The van der Waals surface area contributed by atoms with Crippen molar-refractivity contribution in [3.63, 3.8) is 0 Å². The van der Waals surface area contributed by atoms with Gasteiger partial charge in [-0.05, 0) is 56.6 Å². The molecule has 0 spiro atoms. The van der Waals surface area contributed by atoms with Crippen LogP contribution in [-0.4, -0.2) is 50.6 Å². The van der Waals surface area contributed by atoms with Gasteiger partial charge in [0.1, 0.15) is 5.76 Å². The molecule has 1 aliphatic rings. The van der Waals surface area contributed by atoms with E-state index in [1.54, 1.807) is 18.2 Å². The van der Waals surface area contributed by atoms with E-state index in [4.69, 9.17) is 13.9 Å². The molecule has 2 N–H and O–H groups in total. The summed E-state index contributed by atoms with van der Waals surface area (Å²) in [6, 6.07) is 6.63. The lowest BCUT2D eigenvalue weighted by atomic mass is 10.1. The molecule has 1 aromatic carbocycles. The largest absolute Gasteiger partial charge is 0.493 e. The summed E-state index contributed by atoms with van der Waals surface area (Å²) < 4.78 is 16.5. The van der Waals surface area contributed by atoms with Gasteiger partial charge in [0.25, 0.3) is 11.8 Å². The van der Waals surface area contributed by atoms with Crippen molar-refractivity contribution in [2.75, 3.05) is 39.2 Å². The first-order chi connectivity index (χ1) is 14.5. The van der Waals surface area contributed by atoms with Crippen LogP contribution in [0.15, 0.2) is 28.7 Å². The standard InChI is InChI=1S/C22H29N3O5/c1-4-9-23-21(26)15-12-17(20(29-3)19(13-15)28-2)24-22(27)18-8-7-16(30-18)14-25-10-5-6-11-25/h7-8,12-13H,4-6,9-11,14H2,1-3H3,(H,23,26)(H,24,27). The van der Waals surface area contributed by atoms with E-state index in [2.05, 4.69) is 15.5 Å². The van der Waals surface area contributed by atoms with E-state index in [0.29, 0.717) is 35.8 Å². The summed E-state index contributed by atoms with van der Waals surface area (Å²) >= 11 is 0. The molecule has 0 bridgehead atoms. The first-order valence-corrected chi connectivity index (χ1v) is 10.2. The lowest BCUT2D eigenvalue weighted by molar-refractivity contribution is 0.0951. The lowest BCUT2D eigenvalue weighted by Gasteiger charge is -2.15. The normalized spacial score (nSPS) is 13.8. The van der Waals surface area contributed by atoms with Crippen LogP contribution in [0.25, 0.3) is 0 Å². The molecular formula is C22H29N3O5. The van der Waals surface area contributed by atoms with Gasteiger partial charge in [-0.25, -0.2) is 0 Å². The second-order valence-electron chi connectivity index (χ2n) is 7.22. The molecule has 1 aliphatic heterocycles. The zero-order valence-corrected chi connectivity index (χ0v) is 17.7. The fourth-order valence-electron chi connectivity index (χ4n) is 3.46. The van der Waals surface area contributed by atoms with Crippen LogP contribution in [0.5, 0.6) is 11.5 Å². The number of carbonyl (C=O) groups is 2. The van der Waals surface area contributed by atoms with E-state index in [9.17, 15) is 9.59 Å². The maximum atomic E-state index is 12.8. The molecule has 0 atom stereocenters. The quantitative estimate of drug-likeness (QED) is 0.653. The molecule has 0 aliphatic carbocycles. The van der Waals surface area contributed by atoms with Gasteiger partial charge < -0.3 is 24.5 Å². The highest BCUT2D eigenvalue weighted by molar-refractivity contribution is 6.05. The SMILES string of the molecule is CCCNC(=O)c1cc(NC(=O)c2ccc(CN3CCCC3)o2)c(OC)c(OC)c1. The van der Waals surface area contributed by atoms with Crippen molar-refractivity contribution in [1.82, 2.24) is 10.2 Å². The van der Waals surface area contributed by atoms with Crippen LogP contribution in [0, 0.1) is 0 Å². The van der Waals surface area contributed by atoms with Crippen LogP contribution in [0.4, 0.5) is 5.69 Å². The van der Waals surface area contributed by atoms with Crippen molar-refractivity contribution < 1.29 is 23.5 Å². The van der Waals surface area contributed by atoms with Gasteiger partial charge in [0.15, 0.2) is 17.3 Å². The molecule has 3 rings (SSSR count). The van der Waals surface area contributed by atoms with Crippen molar-refractivity contribution in [1.29, 1.82) is 0 Å². The number of likely N-dealkylation sites (tertiary alicyclic amines) is 1. The van der Waals surface area contributed by atoms with Crippen LogP contribution < -0.4 is 20.1 Å². The van der Waals surface area contributed by atoms with E-state index in [1.165, 1.54) is 27.1 Å². The minimum absolute atomic E-state index is 0.200. The van der Waals surface area contributed by atoms with Crippen LogP contribution in [-0.2, 0) is 6.54 Å². The Balaban J connectivity index is 1.79. The molecular weight excluding hydrogens is 386 g/mol. The summed E-state index contributed by atoms with van der Waals surface area (Å²) in [6.45, 7) is 5.32.